The summed E-state index contributed by atoms with van der Waals surface area (Å²) < 4.78 is 19.4. The van der Waals surface area contributed by atoms with Gasteiger partial charge in [0, 0.05) is 38.3 Å². The average molecular weight is 280 g/mol. The lowest BCUT2D eigenvalue weighted by molar-refractivity contribution is 0.106. The number of likely N-dealkylation sites (tertiary alicyclic amines) is 1. The molecule has 112 valence electrons. The van der Waals surface area contributed by atoms with Crippen molar-refractivity contribution < 1.29 is 9.13 Å². The fraction of sp³-hybridized carbons (Fsp3) is 0.625. The second kappa shape index (κ2) is 7.72. The van der Waals surface area contributed by atoms with E-state index in [2.05, 4.69) is 17.1 Å². The van der Waals surface area contributed by atoms with Crippen molar-refractivity contribution >= 4 is 0 Å². The molecule has 0 bridgehead atoms. The molecule has 20 heavy (non-hydrogen) atoms. The van der Waals surface area contributed by atoms with Gasteiger partial charge in [-0.2, -0.15) is 0 Å². The molecule has 0 amide bonds. The van der Waals surface area contributed by atoms with Gasteiger partial charge in [0.05, 0.1) is 6.10 Å². The summed E-state index contributed by atoms with van der Waals surface area (Å²) in [4.78, 5) is 2.36. The van der Waals surface area contributed by atoms with E-state index in [1.165, 1.54) is 6.07 Å². The Morgan fingerprint density at radius 1 is 1.45 bits per heavy atom. The van der Waals surface area contributed by atoms with Gasteiger partial charge >= 0.3 is 0 Å². The van der Waals surface area contributed by atoms with Gasteiger partial charge in [-0.1, -0.05) is 25.1 Å². The third-order valence-electron chi connectivity index (χ3n) is 3.92. The molecule has 1 fully saturated rings. The lowest BCUT2D eigenvalue weighted by Gasteiger charge is -2.25. The van der Waals surface area contributed by atoms with Crippen molar-refractivity contribution in [3.63, 3.8) is 0 Å². The first kappa shape index (κ1) is 15.4. The van der Waals surface area contributed by atoms with Crippen molar-refractivity contribution in [2.45, 2.75) is 31.9 Å². The molecule has 0 radical (unpaired) electrons. The monoisotopic (exact) mass is 280 g/mol. The fourth-order valence-electron chi connectivity index (χ4n) is 2.76. The third-order valence-corrected chi connectivity index (χ3v) is 3.92. The van der Waals surface area contributed by atoms with Gasteiger partial charge in [-0.25, -0.2) is 4.39 Å². The first-order valence-corrected chi connectivity index (χ1v) is 7.47. The Morgan fingerprint density at radius 3 is 2.90 bits per heavy atom. The van der Waals surface area contributed by atoms with Crippen molar-refractivity contribution in [1.82, 2.24) is 10.2 Å². The summed E-state index contributed by atoms with van der Waals surface area (Å²) in [5.41, 5.74) is 0.766. The van der Waals surface area contributed by atoms with Crippen LogP contribution in [0, 0.1) is 5.82 Å². The van der Waals surface area contributed by atoms with Gasteiger partial charge in [0.15, 0.2) is 0 Å². The predicted octanol–water partition coefficient (Wildman–Crippen LogP) is 2.59. The van der Waals surface area contributed by atoms with E-state index in [4.69, 9.17) is 4.74 Å². The van der Waals surface area contributed by atoms with Gasteiger partial charge in [-0.05, 0) is 25.5 Å². The first-order chi connectivity index (χ1) is 9.74. The summed E-state index contributed by atoms with van der Waals surface area (Å²) in [6.07, 6.45) is 2.43. The summed E-state index contributed by atoms with van der Waals surface area (Å²) >= 11 is 0. The Hall–Kier alpha value is -0.970. The van der Waals surface area contributed by atoms with Crippen LogP contribution < -0.4 is 5.32 Å². The molecule has 0 aromatic heterocycles. The van der Waals surface area contributed by atoms with Crippen molar-refractivity contribution in [3.8, 4) is 0 Å². The number of nitrogens with one attached hydrogen (secondary N) is 1. The maximum atomic E-state index is 14.0. The van der Waals surface area contributed by atoms with Crippen molar-refractivity contribution in [1.29, 1.82) is 0 Å². The van der Waals surface area contributed by atoms with Crippen LogP contribution in [0.1, 0.15) is 31.4 Å². The zero-order chi connectivity index (χ0) is 14.4. The van der Waals surface area contributed by atoms with Gasteiger partial charge in [0.25, 0.3) is 0 Å². The van der Waals surface area contributed by atoms with Gasteiger partial charge in [0.1, 0.15) is 5.82 Å². The summed E-state index contributed by atoms with van der Waals surface area (Å²) in [5.74, 6) is -0.122. The highest BCUT2D eigenvalue weighted by atomic mass is 19.1. The minimum absolute atomic E-state index is 0.0479. The Bertz CT molecular complexity index is 413. The molecular formula is C16H25FN2O. The number of ether oxygens (including phenoxy) is 1. The van der Waals surface area contributed by atoms with Gasteiger partial charge in [0.2, 0.25) is 0 Å². The lowest BCUT2D eigenvalue weighted by Crippen LogP contribution is -2.35. The van der Waals surface area contributed by atoms with Gasteiger partial charge < -0.3 is 10.1 Å². The van der Waals surface area contributed by atoms with E-state index in [1.54, 1.807) is 13.2 Å². The fourth-order valence-corrected chi connectivity index (χ4v) is 2.76. The number of hydrogen-bond acceptors (Lipinski definition) is 3. The molecule has 0 aliphatic carbocycles. The number of halogens is 1. The minimum atomic E-state index is -0.122. The zero-order valence-electron chi connectivity index (χ0n) is 12.4. The van der Waals surface area contributed by atoms with Crippen LogP contribution in [0.25, 0.3) is 0 Å². The summed E-state index contributed by atoms with van der Waals surface area (Å²) in [7, 11) is 1.76. The normalized spacial score (nSPS) is 21.2. The van der Waals surface area contributed by atoms with Crippen LogP contribution in [0.15, 0.2) is 24.3 Å². The minimum Gasteiger partial charge on any atom is -0.380 e. The second-order valence-corrected chi connectivity index (χ2v) is 5.43. The summed E-state index contributed by atoms with van der Waals surface area (Å²) in [6.45, 7) is 5.83. The molecule has 1 aliphatic heterocycles. The second-order valence-electron chi connectivity index (χ2n) is 5.43. The molecule has 2 atom stereocenters. The molecule has 1 aromatic carbocycles. The third kappa shape index (κ3) is 4.01. The molecule has 1 N–H and O–H groups in total. The van der Waals surface area contributed by atoms with Crippen LogP contribution in [0.5, 0.6) is 0 Å². The lowest BCUT2D eigenvalue weighted by atomic mass is 10.1. The molecule has 1 saturated heterocycles. The number of methoxy groups -OCH3 is 1. The summed E-state index contributed by atoms with van der Waals surface area (Å²) in [6, 6.07) is 7.12. The number of hydrogen-bond donors (Lipinski definition) is 1. The molecule has 2 unspecified atom stereocenters. The van der Waals surface area contributed by atoms with Crippen LogP contribution in [-0.2, 0) is 4.74 Å². The van der Waals surface area contributed by atoms with Gasteiger partial charge in [-0.3, -0.25) is 4.90 Å². The van der Waals surface area contributed by atoms with Crippen LogP contribution in [-0.4, -0.2) is 44.3 Å². The van der Waals surface area contributed by atoms with Crippen molar-refractivity contribution in [2.75, 3.05) is 33.3 Å². The topological polar surface area (TPSA) is 24.5 Å². The van der Waals surface area contributed by atoms with E-state index >= 15 is 0 Å². The Balaban J connectivity index is 2.02. The Morgan fingerprint density at radius 2 is 2.25 bits per heavy atom. The van der Waals surface area contributed by atoms with E-state index in [0.29, 0.717) is 6.10 Å². The Kier molecular flexibility index (Phi) is 5.95. The Labute approximate surface area is 121 Å². The van der Waals surface area contributed by atoms with Crippen LogP contribution in [0.2, 0.25) is 0 Å². The van der Waals surface area contributed by atoms with E-state index < -0.39 is 0 Å². The molecular weight excluding hydrogens is 255 g/mol. The number of benzene rings is 1. The van der Waals surface area contributed by atoms with E-state index in [9.17, 15) is 4.39 Å². The molecule has 0 spiro atoms. The summed E-state index contributed by atoms with van der Waals surface area (Å²) in [5, 5.41) is 3.46. The molecule has 4 heteroatoms. The SMILES string of the molecule is CCCNC(CN1CCC(OC)C1)c1ccccc1F. The molecule has 1 aliphatic rings. The standard InChI is InChI=1S/C16H25FN2O/c1-3-9-18-16(14-6-4-5-7-15(14)17)12-19-10-8-13(11-19)20-2/h4-7,13,16,18H,3,8-12H2,1-2H3. The van der Waals surface area contributed by atoms with Crippen molar-refractivity contribution in [2.24, 2.45) is 0 Å². The maximum Gasteiger partial charge on any atom is 0.128 e. The van der Waals surface area contributed by atoms with Crippen LogP contribution in [0.3, 0.4) is 0 Å². The van der Waals surface area contributed by atoms with Crippen LogP contribution >= 0.6 is 0 Å². The molecule has 0 saturated carbocycles. The van der Waals surface area contributed by atoms with E-state index in [0.717, 1.165) is 44.6 Å². The van der Waals surface area contributed by atoms with Gasteiger partial charge in [-0.15, -0.1) is 0 Å². The smallest absolute Gasteiger partial charge is 0.128 e. The quantitative estimate of drug-likeness (QED) is 0.831. The molecule has 1 heterocycles. The molecule has 3 nitrogen and oxygen atoms in total. The largest absolute Gasteiger partial charge is 0.380 e. The predicted molar refractivity (Wildman–Crippen MR) is 79.3 cm³/mol. The highest BCUT2D eigenvalue weighted by Gasteiger charge is 2.25. The van der Waals surface area contributed by atoms with E-state index in [1.807, 2.05) is 12.1 Å². The number of nitrogens with zero attached hydrogens (tertiary/aromatic N) is 1. The van der Waals surface area contributed by atoms with Crippen LogP contribution in [0.4, 0.5) is 4.39 Å². The van der Waals surface area contributed by atoms with E-state index in [-0.39, 0.29) is 11.9 Å². The van der Waals surface area contributed by atoms with Crippen molar-refractivity contribution in [3.05, 3.63) is 35.6 Å². The maximum absolute atomic E-state index is 14.0. The first-order valence-electron chi connectivity index (χ1n) is 7.47. The highest BCUT2D eigenvalue weighted by molar-refractivity contribution is 5.21. The molecule has 2 rings (SSSR count). The molecule has 1 aromatic rings. The number of rotatable bonds is 7. The highest BCUT2D eigenvalue weighted by Crippen LogP contribution is 2.21. The zero-order valence-corrected chi connectivity index (χ0v) is 12.4. The average Bonchev–Trinajstić information content (AvgIpc) is 2.92.